The first-order chi connectivity index (χ1) is 11.8. The van der Waals surface area contributed by atoms with Crippen LogP contribution in [0.25, 0.3) is 11.1 Å². The Labute approximate surface area is 145 Å². The third-order valence-corrected chi connectivity index (χ3v) is 4.65. The van der Waals surface area contributed by atoms with Crippen molar-refractivity contribution < 1.29 is 14.0 Å². The van der Waals surface area contributed by atoms with E-state index in [2.05, 4.69) is 17.2 Å². The standard InChI is InChI=1S/C20H19FN2O2/c1-5-17(24)22-15-9-7-13(18(21)11(15)2)12-6-8-14-16(10-12)23-19(25)20(14,3)4/h5-10H,1H2,2-4H3,(H,22,24)(H,23,25). The Kier molecular flexibility index (Phi) is 3.95. The molecule has 2 N–H and O–H groups in total. The minimum Gasteiger partial charge on any atom is -0.325 e. The lowest BCUT2D eigenvalue weighted by atomic mass is 9.85. The molecule has 0 spiro atoms. The van der Waals surface area contributed by atoms with Gasteiger partial charge in [0.2, 0.25) is 11.8 Å². The highest BCUT2D eigenvalue weighted by Crippen LogP contribution is 2.40. The van der Waals surface area contributed by atoms with Crippen LogP contribution in [0.1, 0.15) is 25.0 Å². The van der Waals surface area contributed by atoms with Crippen LogP contribution >= 0.6 is 0 Å². The minimum atomic E-state index is -0.596. The van der Waals surface area contributed by atoms with Gasteiger partial charge in [0.05, 0.1) is 5.41 Å². The van der Waals surface area contributed by atoms with Crippen molar-refractivity contribution in [2.45, 2.75) is 26.2 Å². The third kappa shape index (κ3) is 2.71. The van der Waals surface area contributed by atoms with Crippen LogP contribution in [0.3, 0.4) is 0 Å². The molecule has 1 aliphatic heterocycles. The van der Waals surface area contributed by atoms with Crippen molar-refractivity contribution in [3.05, 3.63) is 59.9 Å². The number of rotatable bonds is 3. The van der Waals surface area contributed by atoms with Gasteiger partial charge in [-0.05, 0) is 56.2 Å². The molecule has 0 aromatic heterocycles. The van der Waals surface area contributed by atoms with Crippen LogP contribution in [-0.4, -0.2) is 11.8 Å². The second kappa shape index (κ2) is 5.84. The fourth-order valence-corrected chi connectivity index (χ4v) is 2.99. The Morgan fingerprint density at radius 1 is 1.28 bits per heavy atom. The Bertz CT molecular complexity index is 916. The van der Waals surface area contributed by atoms with Crippen molar-refractivity contribution in [1.82, 2.24) is 0 Å². The monoisotopic (exact) mass is 338 g/mol. The first-order valence-electron chi connectivity index (χ1n) is 7.94. The molecule has 1 aliphatic rings. The van der Waals surface area contributed by atoms with E-state index in [9.17, 15) is 14.0 Å². The number of hydrogen-bond donors (Lipinski definition) is 2. The highest BCUT2D eigenvalue weighted by Gasteiger charge is 2.38. The lowest BCUT2D eigenvalue weighted by Gasteiger charge is -2.15. The number of halogens is 1. The van der Waals surface area contributed by atoms with Crippen LogP contribution < -0.4 is 10.6 Å². The Morgan fingerprint density at radius 2 is 2.00 bits per heavy atom. The summed E-state index contributed by atoms with van der Waals surface area (Å²) < 4.78 is 14.8. The lowest BCUT2D eigenvalue weighted by Crippen LogP contribution is -2.26. The fraction of sp³-hybridized carbons (Fsp3) is 0.200. The van der Waals surface area contributed by atoms with Crippen molar-refractivity contribution in [3.63, 3.8) is 0 Å². The second-order valence-corrected chi connectivity index (χ2v) is 6.63. The van der Waals surface area contributed by atoms with Gasteiger partial charge in [-0.3, -0.25) is 9.59 Å². The Hall–Kier alpha value is -2.95. The molecule has 25 heavy (non-hydrogen) atoms. The summed E-state index contributed by atoms with van der Waals surface area (Å²) in [6, 6.07) is 8.71. The molecule has 5 heteroatoms. The number of carbonyl (C=O) groups excluding carboxylic acids is 2. The van der Waals surface area contributed by atoms with E-state index in [0.717, 1.165) is 11.6 Å². The van der Waals surface area contributed by atoms with E-state index in [1.165, 1.54) is 0 Å². The molecule has 2 aromatic carbocycles. The van der Waals surface area contributed by atoms with Crippen LogP contribution in [0.2, 0.25) is 0 Å². The van der Waals surface area contributed by atoms with Crippen LogP contribution in [0.5, 0.6) is 0 Å². The fourth-order valence-electron chi connectivity index (χ4n) is 2.99. The zero-order chi connectivity index (χ0) is 18.4. The second-order valence-electron chi connectivity index (χ2n) is 6.63. The van der Waals surface area contributed by atoms with E-state index in [1.54, 1.807) is 31.2 Å². The van der Waals surface area contributed by atoms with Gasteiger partial charge in [-0.2, -0.15) is 0 Å². The maximum Gasteiger partial charge on any atom is 0.247 e. The summed E-state index contributed by atoms with van der Waals surface area (Å²) in [4.78, 5) is 23.5. The molecule has 0 saturated heterocycles. The highest BCUT2D eigenvalue weighted by atomic mass is 19.1. The minimum absolute atomic E-state index is 0.0706. The van der Waals surface area contributed by atoms with Gasteiger partial charge in [0.15, 0.2) is 0 Å². The SMILES string of the molecule is C=CC(=O)Nc1ccc(-c2ccc3c(c2)NC(=O)C3(C)C)c(F)c1C. The molecule has 0 fully saturated rings. The number of benzene rings is 2. The quantitative estimate of drug-likeness (QED) is 0.826. The summed E-state index contributed by atoms with van der Waals surface area (Å²) in [7, 11) is 0. The van der Waals surface area contributed by atoms with Crippen molar-refractivity contribution >= 4 is 23.2 Å². The summed E-state index contributed by atoms with van der Waals surface area (Å²) in [5.41, 5.74) is 2.83. The Balaban J connectivity index is 2.03. The maximum atomic E-state index is 14.8. The highest BCUT2D eigenvalue weighted by molar-refractivity contribution is 6.06. The predicted octanol–water partition coefficient (Wildman–Crippen LogP) is 4.16. The van der Waals surface area contributed by atoms with E-state index < -0.39 is 17.1 Å². The first-order valence-corrected chi connectivity index (χ1v) is 7.94. The molecule has 0 atom stereocenters. The lowest BCUT2D eigenvalue weighted by molar-refractivity contribution is -0.119. The molecule has 0 unspecified atom stereocenters. The van der Waals surface area contributed by atoms with Crippen LogP contribution in [0.15, 0.2) is 43.0 Å². The van der Waals surface area contributed by atoms with Gasteiger partial charge >= 0.3 is 0 Å². The molecule has 1 heterocycles. The summed E-state index contributed by atoms with van der Waals surface area (Å²) in [6.07, 6.45) is 1.14. The van der Waals surface area contributed by atoms with Gasteiger partial charge in [0.1, 0.15) is 5.82 Å². The van der Waals surface area contributed by atoms with E-state index in [0.29, 0.717) is 28.1 Å². The first kappa shape index (κ1) is 16.9. The van der Waals surface area contributed by atoms with Gasteiger partial charge in [0, 0.05) is 22.5 Å². The van der Waals surface area contributed by atoms with Gasteiger partial charge < -0.3 is 10.6 Å². The average Bonchev–Trinajstić information content (AvgIpc) is 2.80. The molecular weight excluding hydrogens is 319 g/mol. The largest absolute Gasteiger partial charge is 0.325 e. The van der Waals surface area contributed by atoms with Gasteiger partial charge in [-0.25, -0.2) is 4.39 Å². The maximum absolute atomic E-state index is 14.8. The topological polar surface area (TPSA) is 58.2 Å². The molecular formula is C20H19FN2O2. The number of carbonyl (C=O) groups is 2. The summed E-state index contributed by atoms with van der Waals surface area (Å²) in [5, 5.41) is 5.43. The van der Waals surface area contributed by atoms with E-state index in [4.69, 9.17) is 0 Å². The van der Waals surface area contributed by atoms with Crippen LogP contribution in [-0.2, 0) is 15.0 Å². The smallest absolute Gasteiger partial charge is 0.247 e. The molecule has 0 saturated carbocycles. The van der Waals surface area contributed by atoms with E-state index in [1.807, 2.05) is 19.9 Å². The number of anilines is 2. The molecule has 0 radical (unpaired) electrons. The molecule has 128 valence electrons. The summed E-state index contributed by atoms with van der Waals surface area (Å²) >= 11 is 0. The van der Waals surface area contributed by atoms with Crippen molar-refractivity contribution in [1.29, 1.82) is 0 Å². The average molecular weight is 338 g/mol. The van der Waals surface area contributed by atoms with Gasteiger partial charge in [-0.15, -0.1) is 0 Å². The normalized spacial score (nSPS) is 14.6. The zero-order valence-electron chi connectivity index (χ0n) is 14.4. The van der Waals surface area contributed by atoms with Crippen molar-refractivity contribution in [2.75, 3.05) is 10.6 Å². The van der Waals surface area contributed by atoms with Gasteiger partial charge in [0.25, 0.3) is 0 Å². The number of nitrogens with one attached hydrogen (secondary N) is 2. The van der Waals surface area contributed by atoms with Crippen molar-refractivity contribution in [3.8, 4) is 11.1 Å². The third-order valence-electron chi connectivity index (χ3n) is 4.65. The summed E-state index contributed by atoms with van der Waals surface area (Å²) in [6.45, 7) is 8.71. The molecule has 2 aromatic rings. The van der Waals surface area contributed by atoms with Crippen LogP contribution in [0, 0.1) is 12.7 Å². The molecule has 3 rings (SSSR count). The van der Waals surface area contributed by atoms with E-state index in [-0.39, 0.29) is 5.91 Å². The number of hydrogen-bond acceptors (Lipinski definition) is 2. The van der Waals surface area contributed by atoms with Gasteiger partial charge in [-0.1, -0.05) is 18.7 Å². The molecule has 2 amide bonds. The predicted molar refractivity (Wildman–Crippen MR) is 97.1 cm³/mol. The molecule has 0 aliphatic carbocycles. The molecule has 4 nitrogen and oxygen atoms in total. The Morgan fingerprint density at radius 3 is 2.68 bits per heavy atom. The zero-order valence-corrected chi connectivity index (χ0v) is 14.4. The van der Waals surface area contributed by atoms with E-state index >= 15 is 0 Å². The van der Waals surface area contributed by atoms with Crippen LogP contribution in [0.4, 0.5) is 15.8 Å². The number of amides is 2. The number of fused-ring (bicyclic) bond motifs is 1. The van der Waals surface area contributed by atoms with Crippen molar-refractivity contribution in [2.24, 2.45) is 0 Å². The molecule has 0 bridgehead atoms. The summed E-state index contributed by atoms with van der Waals surface area (Å²) in [5.74, 6) is -0.873.